The Bertz CT molecular complexity index is 814. The molecule has 1 saturated heterocycles. The van der Waals surface area contributed by atoms with Crippen LogP contribution in [0.2, 0.25) is 0 Å². The number of nitrogens with zero attached hydrogens (tertiary/aromatic N) is 4. The monoisotopic (exact) mass is 440 g/mol. The minimum absolute atomic E-state index is 0. The Kier molecular flexibility index (Phi) is 10.1. The fourth-order valence-electron chi connectivity index (χ4n) is 4.93. The molecule has 0 spiro atoms. The van der Waals surface area contributed by atoms with Gasteiger partial charge in [0, 0.05) is 63.4 Å². The van der Waals surface area contributed by atoms with E-state index >= 15 is 0 Å². The normalized spacial score (nSPS) is 21.1. The average Bonchev–Trinajstić information content (AvgIpc) is 2.85. The van der Waals surface area contributed by atoms with Gasteiger partial charge in [-0.05, 0) is 56.4 Å². The molecule has 2 heterocycles. The van der Waals surface area contributed by atoms with Gasteiger partial charge in [-0.3, -0.25) is 14.7 Å². The Morgan fingerprint density at radius 1 is 0.969 bits per heavy atom. The molecule has 0 atom stereocenters. The third-order valence-corrected chi connectivity index (χ3v) is 6.74. The van der Waals surface area contributed by atoms with Gasteiger partial charge in [0.25, 0.3) is 5.91 Å². The van der Waals surface area contributed by atoms with Crippen molar-refractivity contribution in [2.75, 3.05) is 38.1 Å². The molecule has 1 aliphatic heterocycles. The van der Waals surface area contributed by atoms with E-state index in [1.165, 1.54) is 36.9 Å². The van der Waals surface area contributed by atoms with Crippen molar-refractivity contribution in [2.45, 2.75) is 58.5 Å². The van der Waals surface area contributed by atoms with E-state index in [1.54, 1.807) is 12.4 Å². The predicted octanol–water partition coefficient (Wildman–Crippen LogP) is 3.80. The first-order valence-corrected chi connectivity index (χ1v) is 11.9. The van der Waals surface area contributed by atoms with Crippen LogP contribution in [-0.2, 0) is 0 Å². The van der Waals surface area contributed by atoms with Crippen LogP contribution >= 0.6 is 0 Å². The highest BCUT2D eigenvalue weighted by Gasteiger charge is 2.31. The molecule has 2 aromatic rings. The number of aromatic nitrogens is 1. The molecule has 6 heteroatoms. The first-order valence-electron chi connectivity index (χ1n) is 11.9. The van der Waals surface area contributed by atoms with Gasteiger partial charge in [-0.25, -0.2) is 0 Å². The molecular weight excluding hydrogens is 400 g/mol. The van der Waals surface area contributed by atoms with Crippen LogP contribution < -0.4 is 4.90 Å². The van der Waals surface area contributed by atoms with E-state index in [2.05, 4.69) is 53.0 Å². The third-order valence-electron chi connectivity index (χ3n) is 6.74. The lowest BCUT2D eigenvalue weighted by molar-refractivity contribution is 0.0514. The number of anilines is 1. The van der Waals surface area contributed by atoms with Crippen molar-refractivity contribution in [1.82, 2.24) is 14.8 Å². The lowest BCUT2D eigenvalue weighted by atomic mass is 9.88. The summed E-state index contributed by atoms with van der Waals surface area (Å²) in [6.45, 7) is 9.79. The highest BCUT2D eigenvalue weighted by atomic mass is 16.2. The number of pyridine rings is 1. The number of hydrogen-bond acceptors (Lipinski definition) is 4. The Balaban J connectivity index is 0.00000118. The third kappa shape index (κ3) is 6.08. The van der Waals surface area contributed by atoms with Crippen LogP contribution in [0.4, 0.5) is 5.69 Å². The first kappa shape index (κ1) is 25.8. The van der Waals surface area contributed by atoms with E-state index in [0.717, 1.165) is 26.2 Å². The maximum atomic E-state index is 12.6. The molecule has 2 N–H and O–H groups in total. The molecule has 2 fully saturated rings. The Hall–Kier alpha value is -2.44. The van der Waals surface area contributed by atoms with Crippen molar-refractivity contribution in [3.8, 4) is 0 Å². The second-order valence-corrected chi connectivity index (χ2v) is 8.43. The molecule has 176 valence electrons. The highest BCUT2D eigenvalue weighted by molar-refractivity contribution is 5.93. The summed E-state index contributed by atoms with van der Waals surface area (Å²) in [7, 11) is 2.25. The summed E-state index contributed by atoms with van der Waals surface area (Å²) in [6, 6.07) is 13.7. The molecule has 4 rings (SSSR count). The van der Waals surface area contributed by atoms with Crippen LogP contribution in [0.25, 0.3) is 0 Å². The summed E-state index contributed by atoms with van der Waals surface area (Å²) in [5.41, 5.74) is 3.41. The first-order chi connectivity index (χ1) is 15.1. The number of carbonyl (C=O) groups is 1. The van der Waals surface area contributed by atoms with Crippen molar-refractivity contribution < 1.29 is 10.3 Å². The fourth-order valence-corrected chi connectivity index (χ4v) is 4.93. The number of piperazine rings is 1. The summed E-state index contributed by atoms with van der Waals surface area (Å²) in [6.07, 6.45) is 8.35. The van der Waals surface area contributed by atoms with Gasteiger partial charge in [-0.15, -0.1) is 0 Å². The zero-order valence-electron chi connectivity index (χ0n) is 20.1. The Morgan fingerprint density at radius 2 is 1.62 bits per heavy atom. The van der Waals surface area contributed by atoms with Crippen molar-refractivity contribution in [2.24, 2.45) is 0 Å². The van der Waals surface area contributed by atoms with Crippen LogP contribution in [-0.4, -0.2) is 71.5 Å². The van der Waals surface area contributed by atoms with Gasteiger partial charge >= 0.3 is 0 Å². The molecule has 0 radical (unpaired) electrons. The second kappa shape index (κ2) is 12.6. The van der Waals surface area contributed by atoms with E-state index in [0.29, 0.717) is 17.6 Å². The molecule has 0 unspecified atom stereocenters. The quantitative estimate of drug-likeness (QED) is 0.725. The smallest absolute Gasteiger partial charge is 0.255 e. The zero-order valence-corrected chi connectivity index (χ0v) is 20.1. The minimum atomic E-state index is 0. The molecule has 1 aliphatic carbocycles. The fraction of sp³-hybridized carbons (Fsp3) is 0.538. The summed E-state index contributed by atoms with van der Waals surface area (Å²) in [4.78, 5) is 23.8. The number of benzene rings is 1. The number of aryl methyl sites for hydroxylation is 1. The van der Waals surface area contributed by atoms with E-state index in [1.807, 2.05) is 30.9 Å². The topological polar surface area (TPSA) is 71.2 Å². The van der Waals surface area contributed by atoms with Gasteiger partial charge in [-0.1, -0.05) is 32.0 Å². The summed E-state index contributed by atoms with van der Waals surface area (Å²) in [5, 5.41) is 0. The second-order valence-electron chi connectivity index (χ2n) is 8.43. The molecule has 2 aliphatic rings. The van der Waals surface area contributed by atoms with Crippen LogP contribution in [0.15, 0.2) is 48.8 Å². The van der Waals surface area contributed by atoms with Crippen LogP contribution in [0, 0.1) is 6.92 Å². The summed E-state index contributed by atoms with van der Waals surface area (Å²) >= 11 is 0. The lowest BCUT2D eigenvalue weighted by Gasteiger charge is -2.43. The molecule has 1 saturated carbocycles. The van der Waals surface area contributed by atoms with Crippen molar-refractivity contribution >= 4 is 11.6 Å². The van der Waals surface area contributed by atoms with E-state index < -0.39 is 0 Å². The van der Waals surface area contributed by atoms with Gasteiger partial charge < -0.3 is 15.3 Å². The Labute approximate surface area is 193 Å². The van der Waals surface area contributed by atoms with Crippen LogP contribution in [0.5, 0.6) is 0 Å². The van der Waals surface area contributed by atoms with Crippen molar-refractivity contribution in [3.63, 3.8) is 0 Å². The van der Waals surface area contributed by atoms with Crippen molar-refractivity contribution in [1.29, 1.82) is 0 Å². The van der Waals surface area contributed by atoms with Gasteiger partial charge in [-0.2, -0.15) is 0 Å². The number of carbonyl (C=O) groups excluding carboxylic acids is 1. The molecule has 0 bridgehead atoms. The maximum Gasteiger partial charge on any atom is 0.255 e. The van der Waals surface area contributed by atoms with E-state index in [-0.39, 0.29) is 11.4 Å². The standard InChI is InChI=1S/C24H32N4O.C2H6.H2O/c1-19-6-3-4-8-23(19)26(2)21-9-11-22(12-10-21)27-14-16-28(17-15-27)24(29)20-7-5-13-25-18-20;1-2;/h3-8,13,18,21-22H,9-12,14-17H2,1-2H3;1-2H3;1H2. The summed E-state index contributed by atoms with van der Waals surface area (Å²) < 4.78 is 0. The molecule has 1 aromatic carbocycles. The highest BCUT2D eigenvalue weighted by Crippen LogP contribution is 2.30. The zero-order chi connectivity index (χ0) is 22.2. The van der Waals surface area contributed by atoms with Gasteiger partial charge in [0.15, 0.2) is 0 Å². The predicted molar refractivity (Wildman–Crippen MR) is 132 cm³/mol. The SMILES string of the molecule is CC.Cc1ccccc1N(C)C1CCC(N2CCN(C(=O)c3cccnc3)CC2)CC1.O. The van der Waals surface area contributed by atoms with Crippen LogP contribution in [0.3, 0.4) is 0 Å². The van der Waals surface area contributed by atoms with Crippen molar-refractivity contribution in [3.05, 3.63) is 59.9 Å². The van der Waals surface area contributed by atoms with Gasteiger partial charge in [0.05, 0.1) is 5.56 Å². The number of hydrogen-bond donors (Lipinski definition) is 0. The van der Waals surface area contributed by atoms with E-state index in [4.69, 9.17) is 0 Å². The Morgan fingerprint density at radius 3 is 2.22 bits per heavy atom. The van der Waals surface area contributed by atoms with E-state index in [9.17, 15) is 4.79 Å². The average molecular weight is 441 g/mol. The number of rotatable bonds is 4. The van der Waals surface area contributed by atoms with Gasteiger partial charge in [0.2, 0.25) is 0 Å². The maximum absolute atomic E-state index is 12.6. The number of para-hydroxylation sites is 1. The molecule has 32 heavy (non-hydrogen) atoms. The largest absolute Gasteiger partial charge is 0.412 e. The lowest BCUT2D eigenvalue weighted by Crippen LogP contribution is -2.53. The molecule has 1 aromatic heterocycles. The molecule has 1 amide bonds. The molecular formula is C26H40N4O2. The van der Waals surface area contributed by atoms with Crippen LogP contribution in [0.1, 0.15) is 55.5 Å². The summed E-state index contributed by atoms with van der Waals surface area (Å²) in [5.74, 6) is 0.112. The number of amides is 1. The molecule has 6 nitrogen and oxygen atoms in total. The minimum Gasteiger partial charge on any atom is -0.412 e. The van der Waals surface area contributed by atoms with Gasteiger partial charge in [0.1, 0.15) is 0 Å².